The molecule has 1 aliphatic carbocycles. The lowest BCUT2D eigenvalue weighted by molar-refractivity contribution is -0.160. The molecule has 0 N–H and O–H groups in total. The first kappa shape index (κ1) is 20.0. The molecule has 0 bridgehead atoms. The average molecular weight is 411 g/mol. The zero-order valence-electron chi connectivity index (χ0n) is 16.8. The van der Waals surface area contributed by atoms with Gasteiger partial charge in [-0.25, -0.2) is 0 Å². The standard InChI is InChI=1S/C24H27ClN2O2/c1-17-11-13-18(14-12-17)23-24(29)26(20-8-3-2-4-9-20)16-22(28)27(23)15-19-7-5-6-10-21(19)25/h5-7,10-14,20,23H,2-4,8-9,15-16H2,1H3/t23-/m1/s1. The van der Waals surface area contributed by atoms with Gasteiger partial charge in [0.2, 0.25) is 5.91 Å². The summed E-state index contributed by atoms with van der Waals surface area (Å²) in [5.41, 5.74) is 2.85. The highest BCUT2D eigenvalue weighted by Crippen LogP contribution is 2.34. The SMILES string of the molecule is Cc1ccc([C@@H]2C(=O)N(C3CCCCC3)CC(=O)N2Cc2ccccc2Cl)cc1. The summed E-state index contributed by atoms with van der Waals surface area (Å²) in [4.78, 5) is 30.4. The molecule has 2 fully saturated rings. The fourth-order valence-corrected chi connectivity index (χ4v) is 4.71. The minimum atomic E-state index is -0.602. The van der Waals surface area contributed by atoms with E-state index in [1.54, 1.807) is 4.90 Å². The Hall–Kier alpha value is -2.33. The second kappa shape index (κ2) is 8.58. The quantitative estimate of drug-likeness (QED) is 0.719. The summed E-state index contributed by atoms with van der Waals surface area (Å²) in [5, 5.41) is 0.616. The molecule has 4 nitrogen and oxygen atoms in total. The maximum absolute atomic E-state index is 13.6. The number of aryl methyl sites for hydroxylation is 1. The molecule has 0 spiro atoms. The van der Waals surface area contributed by atoms with Crippen LogP contribution in [0.15, 0.2) is 48.5 Å². The van der Waals surface area contributed by atoms with Crippen molar-refractivity contribution >= 4 is 23.4 Å². The van der Waals surface area contributed by atoms with E-state index in [1.807, 2.05) is 60.4 Å². The minimum absolute atomic E-state index is 0.0133. The summed E-state index contributed by atoms with van der Waals surface area (Å²) < 4.78 is 0. The van der Waals surface area contributed by atoms with E-state index in [-0.39, 0.29) is 24.4 Å². The molecule has 2 aromatic carbocycles. The lowest BCUT2D eigenvalue weighted by atomic mass is 9.91. The predicted octanol–water partition coefficient (Wildman–Crippen LogP) is 4.89. The second-order valence-corrected chi connectivity index (χ2v) is 8.59. The van der Waals surface area contributed by atoms with E-state index in [9.17, 15) is 9.59 Å². The molecule has 0 unspecified atom stereocenters. The van der Waals surface area contributed by atoms with Crippen molar-refractivity contribution in [2.45, 2.75) is 57.7 Å². The van der Waals surface area contributed by atoms with Crippen molar-refractivity contribution in [3.05, 3.63) is 70.2 Å². The van der Waals surface area contributed by atoms with Gasteiger partial charge in [0.1, 0.15) is 12.6 Å². The van der Waals surface area contributed by atoms with Crippen LogP contribution in [0.4, 0.5) is 0 Å². The van der Waals surface area contributed by atoms with Crippen molar-refractivity contribution in [3.63, 3.8) is 0 Å². The van der Waals surface area contributed by atoms with Crippen molar-refractivity contribution in [3.8, 4) is 0 Å². The van der Waals surface area contributed by atoms with Gasteiger partial charge >= 0.3 is 0 Å². The topological polar surface area (TPSA) is 40.6 Å². The van der Waals surface area contributed by atoms with Gasteiger partial charge in [0.05, 0.1) is 0 Å². The van der Waals surface area contributed by atoms with E-state index in [2.05, 4.69) is 0 Å². The van der Waals surface area contributed by atoms with Crippen LogP contribution < -0.4 is 0 Å². The molecule has 0 aromatic heterocycles. The summed E-state index contributed by atoms with van der Waals surface area (Å²) in [7, 11) is 0. The Balaban J connectivity index is 1.69. The summed E-state index contributed by atoms with van der Waals surface area (Å²) in [6.07, 6.45) is 5.45. The number of halogens is 1. The van der Waals surface area contributed by atoms with Crippen LogP contribution in [0.2, 0.25) is 5.02 Å². The number of nitrogens with zero attached hydrogens (tertiary/aromatic N) is 2. The summed E-state index contributed by atoms with van der Waals surface area (Å²) >= 11 is 6.36. The summed E-state index contributed by atoms with van der Waals surface area (Å²) in [6.45, 7) is 2.52. The predicted molar refractivity (Wildman–Crippen MR) is 115 cm³/mol. The molecule has 5 heteroatoms. The van der Waals surface area contributed by atoms with E-state index in [4.69, 9.17) is 11.6 Å². The third kappa shape index (κ3) is 4.18. The van der Waals surface area contributed by atoms with Crippen molar-refractivity contribution in [1.82, 2.24) is 9.80 Å². The Morgan fingerprint density at radius 1 is 0.966 bits per heavy atom. The zero-order chi connectivity index (χ0) is 20.4. The molecule has 2 aromatic rings. The van der Waals surface area contributed by atoms with E-state index < -0.39 is 6.04 Å². The maximum Gasteiger partial charge on any atom is 0.250 e. The molecule has 1 heterocycles. The second-order valence-electron chi connectivity index (χ2n) is 8.18. The lowest BCUT2D eigenvalue weighted by Gasteiger charge is -2.44. The molecule has 0 radical (unpaired) electrons. The third-order valence-corrected chi connectivity index (χ3v) is 6.53. The number of carbonyl (C=O) groups excluding carboxylic acids is 2. The molecule has 1 atom stereocenters. The van der Waals surface area contributed by atoms with Gasteiger partial charge in [-0.15, -0.1) is 0 Å². The highest BCUT2D eigenvalue weighted by molar-refractivity contribution is 6.31. The molecule has 1 saturated carbocycles. The Morgan fingerprint density at radius 3 is 2.34 bits per heavy atom. The van der Waals surface area contributed by atoms with Crippen molar-refractivity contribution < 1.29 is 9.59 Å². The summed E-state index contributed by atoms with van der Waals surface area (Å²) in [6, 6.07) is 15.0. The van der Waals surface area contributed by atoms with E-state index in [0.717, 1.165) is 42.4 Å². The number of carbonyl (C=O) groups is 2. The van der Waals surface area contributed by atoms with E-state index >= 15 is 0 Å². The number of hydrogen-bond donors (Lipinski definition) is 0. The maximum atomic E-state index is 13.6. The van der Waals surface area contributed by atoms with Crippen LogP contribution in [0, 0.1) is 6.92 Å². The van der Waals surface area contributed by atoms with Gasteiger partial charge in [0.25, 0.3) is 5.91 Å². The van der Waals surface area contributed by atoms with Crippen LogP contribution in [0.5, 0.6) is 0 Å². The number of hydrogen-bond acceptors (Lipinski definition) is 2. The molecule has 4 rings (SSSR count). The fourth-order valence-electron chi connectivity index (χ4n) is 4.51. The van der Waals surface area contributed by atoms with Gasteiger partial charge in [-0.3, -0.25) is 9.59 Å². The number of rotatable bonds is 4. The monoisotopic (exact) mass is 410 g/mol. The number of piperazine rings is 1. The largest absolute Gasteiger partial charge is 0.328 e. The third-order valence-electron chi connectivity index (χ3n) is 6.16. The number of benzene rings is 2. The highest BCUT2D eigenvalue weighted by atomic mass is 35.5. The lowest BCUT2D eigenvalue weighted by Crippen LogP contribution is -2.58. The Labute approximate surface area is 177 Å². The molecule has 152 valence electrons. The molecule has 29 heavy (non-hydrogen) atoms. The molecule has 2 amide bonds. The molecule has 1 saturated heterocycles. The Kier molecular flexibility index (Phi) is 5.91. The van der Waals surface area contributed by atoms with Gasteiger partial charge in [-0.05, 0) is 37.0 Å². The van der Waals surface area contributed by atoms with Crippen LogP contribution in [-0.4, -0.2) is 34.2 Å². The summed E-state index contributed by atoms with van der Waals surface area (Å²) in [5.74, 6) is 0.0214. The molecular formula is C24H27ClN2O2. The van der Waals surface area contributed by atoms with E-state index in [1.165, 1.54) is 6.42 Å². The Bertz CT molecular complexity index is 890. The molecular weight excluding hydrogens is 384 g/mol. The van der Waals surface area contributed by atoms with E-state index in [0.29, 0.717) is 11.6 Å². The van der Waals surface area contributed by atoms with Crippen LogP contribution in [0.3, 0.4) is 0 Å². The normalized spacial score (nSPS) is 21.0. The van der Waals surface area contributed by atoms with Gasteiger partial charge in [-0.2, -0.15) is 0 Å². The first-order chi connectivity index (χ1) is 14.0. The molecule has 2 aliphatic rings. The van der Waals surface area contributed by atoms with Crippen LogP contribution in [0.25, 0.3) is 0 Å². The zero-order valence-corrected chi connectivity index (χ0v) is 17.6. The first-order valence-corrected chi connectivity index (χ1v) is 10.8. The van der Waals surface area contributed by atoms with Crippen molar-refractivity contribution in [2.75, 3.05) is 6.54 Å². The highest BCUT2D eigenvalue weighted by Gasteiger charge is 2.43. The molecule has 1 aliphatic heterocycles. The van der Waals surface area contributed by atoms with Crippen molar-refractivity contribution in [2.24, 2.45) is 0 Å². The smallest absolute Gasteiger partial charge is 0.250 e. The van der Waals surface area contributed by atoms with Crippen LogP contribution in [0.1, 0.15) is 54.8 Å². The van der Waals surface area contributed by atoms with Gasteiger partial charge in [0, 0.05) is 17.6 Å². The fraction of sp³-hybridized carbons (Fsp3) is 0.417. The van der Waals surface area contributed by atoms with Gasteiger partial charge < -0.3 is 9.80 Å². The average Bonchev–Trinajstić information content (AvgIpc) is 2.74. The Morgan fingerprint density at radius 2 is 1.66 bits per heavy atom. The minimum Gasteiger partial charge on any atom is -0.328 e. The first-order valence-electron chi connectivity index (χ1n) is 10.4. The van der Waals surface area contributed by atoms with Gasteiger partial charge in [-0.1, -0.05) is 78.9 Å². The van der Waals surface area contributed by atoms with Gasteiger partial charge in [0.15, 0.2) is 0 Å². The number of amides is 2. The van der Waals surface area contributed by atoms with Crippen LogP contribution >= 0.6 is 11.6 Å². The van der Waals surface area contributed by atoms with Crippen molar-refractivity contribution in [1.29, 1.82) is 0 Å². The van der Waals surface area contributed by atoms with Crippen LogP contribution in [-0.2, 0) is 16.1 Å².